The highest BCUT2D eigenvalue weighted by molar-refractivity contribution is 6.42. The van der Waals surface area contributed by atoms with Crippen molar-refractivity contribution in [2.45, 2.75) is 39.2 Å². The number of hydrogen-bond donors (Lipinski definition) is 1. The molecule has 0 aliphatic carbocycles. The quantitative estimate of drug-likeness (QED) is 0.388. The molecule has 1 amide bonds. The van der Waals surface area contributed by atoms with E-state index in [4.69, 9.17) is 32.7 Å². The molecule has 0 bridgehead atoms. The third kappa shape index (κ3) is 3.50. The van der Waals surface area contributed by atoms with Crippen LogP contribution in [-0.2, 0) is 4.79 Å². The second-order valence-corrected chi connectivity index (χ2v) is 8.64. The SMILES string of the molecule is Cc1noc(C)c1-c1ccc2[nH]c([C@@H]3CCCC(=O)N3c3ccc(Cl)c(Cl)c3)nc2c1. The normalized spacial score (nSPS) is 17.0. The molecule has 1 fully saturated rings. The van der Waals surface area contributed by atoms with Crippen LogP contribution in [0.3, 0.4) is 0 Å². The summed E-state index contributed by atoms with van der Waals surface area (Å²) in [6.07, 6.45) is 2.11. The third-order valence-corrected chi connectivity index (χ3v) is 6.51. The molecule has 2 aromatic carbocycles. The van der Waals surface area contributed by atoms with Crippen LogP contribution in [0.25, 0.3) is 22.2 Å². The number of amides is 1. The fourth-order valence-corrected chi connectivity index (χ4v) is 4.61. The molecule has 6 nitrogen and oxygen atoms in total. The molecule has 0 unspecified atom stereocenters. The van der Waals surface area contributed by atoms with Gasteiger partial charge in [-0.3, -0.25) is 4.79 Å². The number of carbonyl (C=O) groups excluding carboxylic acids is 1. The van der Waals surface area contributed by atoms with Crippen LogP contribution in [0.4, 0.5) is 5.69 Å². The monoisotopic (exact) mass is 454 g/mol. The van der Waals surface area contributed by atoms with Crippen molar-refractivity contribution in [3.8, 4) is 11.1 Å². The zero-order chi connectivity index (χ0) is 21.7. The molecule has 2 aromatic heterocycles. The first-order chi connectivity index (χ1) is 14.9. The minimum absolute atomic E-state index is 0.0477. The zero-order valence-electron chi connectivity index (χ0n) is 17.1. The van der Waals surface area contributed by atoms with E-state index in [1.807, 2.05) is 38.1 Å². The lowest BCUT2D eigenvalue weighted by molar-refractivity contribution is -0.120. The molecule has 1 saturated heterocycles. The van der Waals surface area contributed by atoms with Gasteiger partial charge in [0, 0.05) is 17.7 Å². The van der Waals surface area contributed by atoms with Gasteiger partial charge in [-0.15, -0.1) is 0 Å². The number of hydrogen-bond acceptors (Lipinski definition) is 4. The van der Waals surface area contributed by atoms with E-state index in [0.717, 1.165) is 58.0 Å². The standard InChI is InChI=1S/C23H20Cl2N4O2/c1-12-22(13(2)31-28-12)14-6-9-18-19(10-14)27-23(26-18)20-4-3-5-21(30)29(20)15-7-8-16(24)17(25)11-15/h6-11,20H,3-5H2,1-2H3,(H,26,27)/t20-/m0/s1. The number of benzene rings is 2. The van der Waals surface area contributed by atoms with E-state index in [9.17, 15) is 4.79 Å². The summed E-state index contributed by atoms with van der Waals surface area (Å²) in [4.78, 5) is 22.9. The summed E-state index contributed by atoms with van der Waals surface area (Å²) >= 11 is 12.3. The number of imidazole rings is 1. The Labute approximate surface area is 189 Å². The Hall–Kier alpha value is -2.83. The maximum Gasteiger partial charge on any atom is 0.227 e. The molecule has 158 valence electrons. The highest BCUT2D eigenvalue weighted by Crippen LogP contribution is 2.38. The van der Waals surface area contributed by atoms with Gasteiger partial charge in [0.25, 0.3) is 0 Å². The number of anilines is 1. The Balaban J connectivity index is 1.56. The van der Waals surface area contributed by atoms with E-state index in [-0.39, 0.29) is 11.9 Å². The smallest absolute Gasteiger partial charge is 0.227 e. The minimum atomic E-state index is -0.201. The van der Waals surface area contributed by atoms with Crippen molar-refractivity contribution in [2.24, 2.45) is 0 Å². The molecule has 0 spiro atoms. The summed E-state index contributed by atoms with van der Waals surface area (Å²) in [6, 6.07) is 11.1. The van der Waals surface area contributed by atoms with E-state index >= 15 is 0 Å². The lowest BCUT2D eigenvalue weighted by atomic mass is 10.00. The molecule has 1 aliphatic heterocycles. The molecular weight excluding hydrogens is 435 g/mol. The van der Waals surface area contributed by atoms with E-state index in [1.54, 1.807) is 17.0 Å². The fraction of sp³-hybridized carbons (Fsp3) is 0.261. The molecule has 4 aromatic rings. The summed E-state index contributed by atoms with van der Waals surface area (Å²) in [5, 5.41) is 4.93. The molecule has 0 saturated carbocycles. The highest BCUT2D eigenvalue weighted by atomic mass is 35.5. The zero-order valence-corrected chi connectivity index (χ0v) is 18.6. The Bertz CT molecular complexity index is 1290. The first-order valence-corrected chi connectivity index (χ1v) is 10.9. The van der Waals surface area contributed by atoms with E-state index < -0.39 is 0 Å². The first kappa shape index (κ1) is 20.1. The van der Waals surface area contributed by atoms with Crippen molar-refractivity contribution in [1.29, 1.82) is 0 Å². The van der Waals surface area contributed by atoms with Crippen LogP contribution in [0.1, 0.15) is 42.6 Å². The second kappa shape index (κ2) is 7.70. The largest absolute Gasteiger partial charge is 0.361 e. The molecule has 1 N–H and O–H groups in total. The molecule has 8 heteroatoms. The Kier molecular flexibility index (Phi) is 4.99. The molecule has 31 heavy (non-hydrogen) atoms. The topological polar surface area (TPSA) is 75.0 Å². The number of halogens is 2. The lowest BCUT2D eigenvalue weighted by Gasteiger charge is -2.34. The predicted molar refractivity (Wildman–Crippen MR) is 122 cm³/mol. The van der Waals surface area contributed by atoms with E-state index in [0.29, 0.717) is 16.5 Å². The number of nitrogens with one attached hydrogen (secondary N) is 1. The molecule has 1 aliphatic rings. The highest BCUT2D eigenvalue weighted by Gasteiger charge is 2.33. The second-order valence-electron chi connectivity index (χ2n) is 7.82. The van der Waals surface area contributed by atoms with Crippen LogP contribution in [0.15, 0.2) is 40.9 Å². The minimum Gasteiger partial charge on any atom is -0.361 e. The van der Waals surface area contributed by atoms with Crippen LogP contribution in [-0.4, -0.2) is 21.0 Å². The number of carbonyl (C=O) groups is 1. The van der Waals surface area contributed by atoms with Gasteiger partial charge in [-0.05, 0) is 62.6 Å². The number of piperidine rings is 1. The number of H-pyrrole nitrogens is 1. The van der Waals surface area contributed by atoms with Gasteiger partial charge in [0.1, 0.15) is 11.6 Å². The summed E-state index contributed by atoms with van der Waals surface area (Å²) in [7, 11) is 0. The number of fused-ring (bicyclic) bond motifs is 1. The van der Waals surface area contributed by atoms with Crippen LogP contribution in [0.2, 0.25) is 10.0 Å². The van der Waals surface area contributed by atoms with Crippen molar-refractivity contribution >= 4 is 45.8 Å². The van der Waals surface area contributed by atoms with Crippen LogP contribution in [0.5, 0.6) is 0 Å². The van der Waals surface area contributed by atoms with Gasteiger partial charge in [0.15, 0.2) is 0 Å². The average Bonchev–Trinajstić information content (AvgIpc) is 3.32. The number of nitrogens with zero attached hydrogens (tertiary/aromatic N) is 3. The van der Waals surface area contributed by atoms with Gasteiger partial charge in [-0.25, -0.2) is 4.98 Å². The van der Waals surface area contributed by atoms with Gasteiger partial charge in [0.2, 0.25) is 5.91 Å². The predicted octanol–water partition coefficient (Wildman–Crippen LogP) is 6.40. The van der Waals surface area contributed by atoms with Crippen LogP contribution < -0.4 is 4.90 Å². The fourth-order valence-electron chi connectivity index (χ4n) is 4.32. The van der Waals surface area contributed by atoms with Crippen molar-refractivity contribution in [3.05, 3.63) is 63.7 Å². The van der Waals surface area contributed by atoms with Crippen molar-refractivity contribution < 1.29 is 9.32 Å². The Morgan fingerprint density at radius 2 is 1.97 bits per heavy atom. The van der Waals surface area contributed by atoms with Gasteiger partial charge in [-0.1, -0.05) is 34.4 Å². The summed E-state index contributed by atoms with van der Waals surface area (Å²) in [5.41, 5.74) is 5.30. The number of aryl methyl sites for hydroxylation is 2. The summed E-state index contributed by atoms with van der Waals surface area (Å²) in [5.74, 6) is 1.58. The van der Waals surface area contributed by atoms with E-state index in [2.05, 4.69) is 10.1 Å². The van der Waals surface area contributed by atoms with Crippen molar-refractivity contribution in [3.63, 3.8) is 0 Å². The Morgan fingerprint density at radius 1 is 1.13 bits per heavy atom. The third-order valence-electron chi connectivity index (χ3n) is 5.77. The Morgan fingerprint density at radius 3 is 2.71 bits per heavy atom. The first-order valence-electron chi connectivity index (χ1n) is 10.1. The lowest BCUT2D eigenvalue weighted by Crippen LogP contribution is -2.38. The van der Waals surface area contributed by atoms with Gasteiger partial charge >= 0.3 is 0 Å². The maximum absolute atomic E-state index is 12.9. The average molecular weight is 455 g/mol. The molecule has 1 atom stereocenters. The molecule has 3 heterocycles. The number of aromatic nitrogens is 3. The van der Waals surface area contributed by atoms with Crippen LogP contribution >= 0.6 is 23.2 Å². The van der Waals surface area contributed by atoms with Crippen molar-refractivity contribution in [1.82, 2.24) is 15.1 Å². The summed E-state index contributed by atoms with van der Waals surface area (Å²) < 4.78 is 5.31. The number of aromatic amines is 1. The molecule has 5 rings (SSSR count). The van der Waals surface area contributed by atoms with Gasteiger partial charge < -0.3 is 14.4 Å². The van der Waals surface area contributed by atoms with Gasteiger partial charge in [0.05, 0.1) is 32.8 Å². The molecule has 0 radical (unpaired) electrons. The van der Waals surface area contributed by atoms with Crippen molar-refractivity contribution in [2.75, 3.05) is 4.90 Å². The van der Waals surface area contributed by atoms with E-state index in [1.165, 1.54) is 0 Å². The number of rotatable bonds is 3. The maximum atomic E-state index is 12.9. The summed E-state index contributed by atoms with van der Waals surface area (Å²) in [6.45, 7) is 3.83. The van der Waals surface area contributed by atoms with Crippen LogP contribution in [0, 0.1) is 13.8 Å². The molecular formula is C23H20Cl2N4O2. The van der Waals surface area contributed by atoms with Gasteiger partial charge in [-0.2, -0.15) is 0 Å².